The van der Waals surface area contributed by atoms with E-state index in [1.165, 1.54) is 0 Å². The summed E-state index contributed by atoms with van der Waals surface area (Å²) in [5, 5.41) is 17.4. The molecule has 0 radical (unpaired) electrons. The molecule has 8 nitrogen and oxygen atoms in total. The summed E-state index contributed by atoms with van der Waals surface area (Å²) in [4.78, 5) is 14.5. The summed E-state index contributed by atoms with van der Waals surface area (Å²) in [5.41, 5.74) is 12.8. The number of nitriles is 1. The van der Waals surface area contributed by atoms with E-state index in [0.717, 1.165) is 19.4 Å². The van der Waals surface area contributed by atoms with E-state index in [9.17, 15) is 10.1 Å². The second-order valence-electron chi connectivity index (χ2n) is 9.18. The lowest BCUT2D eigenvalue weighted by molar-refractivity contribution is -0.132. The van der Waals surface area contributed by atoms with Crippen molar-refractivity contribution in [1.29, 1.82) is 10.7 Å². The van der Waals surface area contributed by atoms with Crippen molar-refractivity contribution in [2.75, 3.05) is 13.1 Å². The van der Waals surface area contributed by atoms with Gasteiger partial charge in [-0.3, -0.25) is 10.2 Å². The number of allylic oxidation sites excluding steroid dienone is 7. The second kappa shape index (κ2) is 19.8. The maximum atomic E-state index is 12.6. The van der Waals surface area contributed by atoms with Crippen molar-refractivity contribution in [3.63, 3.8) is 0 Å². The summed E-state index contributed by atoms with van der Waals surface area (Å²) in [6.45, 7) is 9.12. The Kier molecular flexibility index (Phi) is 16.4. The van der Waals surface area contributed by atoms with Gasteiger partial charge in [-0.15, -0.1) is 18.1 Å². The minimum absolute atomic E-state index is 0.0106. The molecule has 8 heteroatoms. The number of nitrogens with one attached hydrogen (secondary N) is 1. The number of ether oxygens (including phenoxy) is 2. The minimum atomic E-state index is -0.353. The SMILES string of the molecule is C#C.C=C(/C=C\C(=C/C)Oc1ccccc1)/C(OC#N)=C(C(=N)N)/C(N)=C\CC1CCCN(C(=O)C/C=C\C=C/C)C1. The predicted octanol–water partition coefficient (Wildman–Crippen LogP) is 6.01. The smallest absolute Gasteiger partial charge is 0.292 e. The van der Waals surface area contributed by atoms with Gasteiger partial charge in [-0.25, -0.2) is 0 Å². The molecule has 1 saturated heterocycles. The number of terminal acetylenes is 1. The van der Waals surface area contributed by atoms with Crippen LogP contribution in [0.1, 0.15) is 39.5 Å². The number of carbonyl (C=O) groups excluding carboxylic acids is 1. The molecule has 1 aliphatic rings. The molecule has 1 aromatic rings. The van der Waals surface area contributed by atoms with Gasteiger partial charge in [0.05, 0.1) is 5.57 Å². The monoisotopic (exact) mass is 567 g/mol. The molecule has 0 aliphatic carbocycles. The van der Waals surface area contributed by atoms with Crippen LogP contribution in [-0.2, 0) is 9.53 Å². The third-order valence-corrected chi connectivity index (χ3v) is 6.21. The number of carbonyl (C=O) groups is 1. The van der Waals surface area contributed by atoms with Crippen LogP contribution in [0.3, 0.4) is 0 Å². The van der Waals surface area contributed by atoms with Crippen LogP contribution in [0.25, 0.3) is 0 Å². The Labute approximate surface area is 250 Å². The van der Waals surface area contributed by atoms with Gasteiger partial charge in [0.25, 0.3) is 6.26 Å². The first-order valence-corrected chi connectivity index (χ1v) is 13.6. The maximum absolute atomic E-state index is 12.6. The van der Waals surface area contributed by atoms with Crippen LogP contribution in [0, 0.1) is 35.7 Å². The Balaban J connectivity index is 0.00000431. The van der Waals surface area contributed by atoms with Crippen molar-refractivity contribution < 1.29 is 14.3 Å². The minimum Gasteiger partial charge on any atom is -0.458 e. The molecular formula is C34H41N5O3. The second-order valence-corrected chi connectivity index (χ2v) is 9.18. The topological polar surface area (TPSA) is 138 Å². The average molecular weight is 568 g/mol. The Morgan fingerprint density at radius 2 is 1.93 bits per heavy atom. The molecule has 5 N–H and O–H groups in total. The fraction of sp³-hybridized carbons (Fsp3) is 0.265. The van der Waals surface area contributed by atoms with Crippen molar-refractivity contribution >= 4 is 11.7 Å². The Bertz CT molecular complexity index is 1310. The molecule has 1 aliphatic heterocycles. The number of hydrogen-bond donors (Lipinski definition) is 3. The standard InChI is InChI=1S/C32H39N5O3.C2H2/c1-4-6-7-11-16-29(38)37-21-12-13-25(22-37)18-20-28(34)30(32(35)36)31(39-23-33)24(3)17-19-26(5-2)40-27-14-9-8-10-15-27;1-2/h4-11,14-15,17,19-20,25H,3,12-13,16,18,21-22,34H2,1-2H3,(H3,35,36);1-2H/b6-4-,11-7-,19-17-,26-5+,28-20+,31-30+;. The lowest BCUT2D eigenvalue weighted by Crippen LogP contribution is -2.39. The summed E-state index contributed by atoms with van der Waals surface area (Å²) < 4.78 is 11.0. The average Bonchev–Trinajstić information content (AvgIpc) is 3.01. The molecule has 1 amide bonds. The maximum Gasteiger partial charge on any atom is 0.292 e. The summed E-state index contributed by atoms with van der Waals surface area (Å²) in [6, 6.07) is 9.30. The highest BCUT2D eigenvalue weighted by molar-refractivity contribution is 5.99. The van der Waals surface area contributed by atoms with Gasteiger partial charge >= 0.3 is 0 Å². The van der Waals surface area contributed by atoms with Crippen LogP contribution in [0.4, 0.5) is 0 Å². The van der Waals surface area contributed by atoms with E-state index in [4.69, 9.17) is 26.4 Å². The van der Waals surface area contributed by atoms with Crippen molar-refractivity contribution in [3.05, 3.63) is 114 Å². The molecule has 1 fully saturated rings. The number of amides is 1. The molecule has 1 heterocycles. The number of benzene rings is 1. The number of amidine groups is 1. The zero-order valence-electron chi connectivity index (χ0n) is 24.5. The molecule has 0 bridgehead atoms. The number of para-hydroxylation sites is 1. The van der Waals surface area contributed by atoms with Gasteiger partial charge < -0.3 is 25.8 Å². The van der Waals surface area contributed by atoms with E-state index in [-0.39, 0.29) is 34.7 Å². The highest BCUT2D eigenvalue weighted by atomic mass is 16.5. The van der Waals surface area contributed by atoms with Crippen molar-refractivity contribution in [3.8, 4) is 24.9 Å². The third-order valence-electron chi connectivity index (χ3n) is 6.21. The number of nitrogens with two attached hydrogens (primary N) is 2. The third kappa shape index (κ3) is 11.9. The molecule has 1 aromatic carbocycles. The molecule has 1 atom stereocenters. The number of hydrogen-bond acceptors (Lipinski definition) is 6. The molecule has 2 rings (SSSR count). The Hall–Kier alpha value is -5.21. The van der Waals surface area contributed by atoms with E-state index in [1.54, 1.807) is 30.6 Å². The van der Waals surface area contributed by atoms with E-state index in [2.05, 4.69) is 19.4 Å². The quantitative estimate of drug-likeness (QED) is 0.0666. The normalized spacial score (nSPS) is 16.4. The molecule has 0 spiro atoms. The Morgan fingerprint density at radius 3 is 2.55 bits per heavy atom. The molecule has 0 saturated carbocycles. The first kappa shape index (κ1) is 34.8. The molecular weight excluding hydrogens is 526 g/mol. The van der Waals surface area contributed by atoms with Gasteiger partial charge in [0.1, 0.15) is 17.3 Å². The zero-order valence-corrected chi connectivity index (χ0v) is 24.5. The predicted molar refractivity (Wildman–Crippen MR) is 169 cm³/mol. The highest BCUT2D eigenvalue weighted by Crippen LogP contribution is 2.25. The summed E-state index contributed by atoms with van der Waals surface area (Å²) in [7, 11) is 0. The highest BCUT2D eigenvalue weighted by Gasteiger charge is 2.23. The van der Waals surface area contributed by atoms with Crippen molar-refractivity contribution in [1.82, 2.24) is 4.90 Å². The van der Waals surface area contributed by atoms with Crippen LogP contribution in [0.15, 0.2) is 114 Å². The fourth-order valence-corrected chi connectivity index (χ4v) is 4.17. The van der Waals surface area contributed by atoms with E-state index < -0.39 is 0 Å². The number of rotatable bonds is 13. The number of likely N-dealkylation sites (tertiary alicyclic amines) is 1. The van der Waals surface area contributed by atoms with Crippen LogP contribution in [0.2, 0.25) is 0 Å². The lowest BCUT2D eigenvalue weighted by atomic mass is 9.93. The van der Waals surface area contributed by atoms with Crippen molar-refractivity contribution in [2.45, 2.75) is 39.5 Å². The largest absolute Gasteiger partial charge is 0.458 e. The molecule has 1 unspecified atom stereocenters. The first-order chi connectivity index (χ1) is 20.3. The van der Waals surface area contributed by atoms with Gasteiger partial charge in [0.2, 0.25) is 5.91 Å². The van der Waals surface area contributed by atoms with Gasteiger partial charge in [0, 0.05) is 30.8 Å². The van der Waals surface area contributed by atoms with Crippen LogP contribution >= 0.6 is 0 Å². The van der Waals surface area contributed by atoms with E-state index in [1.807, 2.05) is 73.4 Å². The molecule has 0 aromatic heterocycles. The van der Waals surface area contributed by atoms with E-state index >= 15 is 0 Å². The molecule has 220 valence electrons. The first-order valence-electron chi connectivity index (χ1n) is 13.6. The lowest BCUT2D eigenvalue weighted by Gasteiger charge is -2.32. The summed E-state index contributed by atoms with van der Waals surface area (Å²) >= 11 is 0. The van der Waals surface area contributed by atoms with Crippen LogP contribution in [0.5, 0.6) is 5.75 Å². The van der Waals surface area contributed by atoms with Crippen molar-refractivity contribution in [2.24, 2.45) is 17.4 Å². The van der Waals surface area contributed by atoms with Gasteiger partial charge in [-0.2, -0.15) is 0 Å². The van der Waals surface area contributed by atoms with E-state index in [0.29, 0.717) is 36.5 Å². The fourth-order valence-electron chi connectivity index (χ4n) is 4.17. The molecule has 42 heavy (non-hydrogen) atoms. The van der Waals surface area contributed by atoms with Gasteiger partial charge in [-0.05, 0) is 69.4 Å². The Morgan fingerprint density at radius 1 is 1.21 bits per heavy atom. The van der Waals surface area contributed by atoms with Gasteiger partial charge in [-0.1, -0.05) is 55.2 Å². The van der Waals surface area contributed by atoms with Crippen LogP contribution < -0.4 is 16.2 Å². The zero-order chi connectivity index (χ0) is 31.3. The van der Waals surface area contributed by atoms with Gasteiger partial charge in [0.15, 0.2) is 5.76 Å². The summed E-state index contributed by atoms with van der Waals surface area (Å²) in [5.74, 6) is 1.15. The number of piperidine rings is 1. The number of nitrogens with zero attached hydrogens (tertiary/aromatic N) is 2. The summed E-state index contributed by atoms with van der Waals surface area (Å²) in [6.07, 6.45) is 26.8. The van der Waals surface area contributed by atoms with Crippen LogP contribution in [-0.4, -0.2) is 29.7 Å².